The van der Waals surface area contributed by atoms with E-state index in [1.165, 1.54) is 4.57 Å². The molecule has 104 valence electrons. The van der Waals surface area contributed by atoms with Crippen molar-refractivity contribution in [2.45, 2.75) is 45.1 Å². The zero-order valence-electron chi connectivity index (χ0n) is 11.4. The molecule has 1 aromatic heterocycles. The third-order valence-corrected chi connectivity index (χ3v) is 4.53. The molecule has 6 heteroatoms. The van der Waals surface area contributed by atoms with Crippen molar-refractivity contribution in [2.75, 3.05) is 12.3 Å². The summed E-state index contributed by atoms with van der Waals surface area (Å²) in [5.74, 6) is 0.538. The van der Waals surface area contributed by atoms with Gasteiger partial charge in [-0.1, -0.05) is 13.8 Å². The van der Waals surface area contributed by atoms with Crippen LogP contribution in [0.25, 0.3) is 0 Å². The SMILES string of the molecule is CC[C@@]12COC([C@H](n3cc(C)c(N)nc3=O)O1)[C@H]2C. The van der Waals surface area contributed by atoms with E-state index in [0.29, 0.717) is 6.61 Å². The highest BCUT2D eigenvalue weighted by molar-refractivity contribution is 5.35. The van der Waals surface area contributed by atoms with Crippen LogP contribution in [0.3, 0.4) is 0 Å². The minimum atomic E-state index is -0.400. The Morgan fingerprint density at radius 3 is 3.00 bits per heavy atom. The zero-order valence-corrected chi connectivity index (χ0v) is 11.4. The van der Waals surface area contributed by atoms with E-state index in [-0.39, 0.29) is 29.1 Å². The summed E-state index contributed by atoms with van der Waals surface area (Å²) in [5, 5.41) is 0. The Balaban J connectivity index is 2.02. The summed E-state index contributed by atoms with van der Waals surface area (Å²) in [6.07, 6.45) is 2.08. The summed E-state index contributed by atoms with van der Waals surface area (Å²) in [6.45, 7) is 6.62. The molecule has 2 aliphatic rings. The smallest absolute Gasteiger partial charge is 0.351 e. The lowest BCUT2D eigenvalue weighted by Crippen LogP contribution is -2.39. The Labute approximate surface area is 111 Å². The fourth-order valence-corrected chi connectivity index (χ4v) is 3.07. The van der Waals surface area contributed by atoms with Crippen molar-refractivity contribution in [2.24, 2.45) is 5.92 Å². The normalized spacial score (nSPS) is 36.9. The van der Waals surface area contributed by atoms with E-state index in [9.17, 15) is 4.79 Å². The molecule has 3 rings (SSSR count). The Morgan fingerprint density at radius 1 is 1.63 bits per heavy atom. The van der Waals surface area contributed by atoms with E-state index in [2.05, 4.69) is 18.8 Å². The molecule has 0 radical (unpaired) electrons. The van der Waals surface area contributed by atoms with Gasteiger partial charge in [-0.15, -0.1) is 0 Å². The molecule has 0 aliphatic carbocycles. The molecule has 0 aromatic carbocycles. The summed E-state index contributed by atoms with van der Waals surface area (Å²) in [5.41, 5.74) is 5.75. The first-order valence-electron chi connectivity index (χ1n) is 6.63. The second-order valence-corrected chi connectivity index (χ2v) is 5.49. The van der Waals surface area contributed by atoms with Crippen molar-refractivity contribution >= 4 is 5.82 Å². The number of fused-ring (bicyclic) bond motifs is 2. The zero-order chi connectivity index (χ0) is 13.8. The number of rotatable bonds is 2. The average Bonchev–Trinajstić information content (AvgIpc) is 2.85. The number of aromatic nitrogens is 2. The van der Waals surface area contributed by atoms with Crippen LogP contribution in [0.15, 0.2) is 11.0 Å². The molecule has 2 fully saturated rings. The lowest BCUT2D eigenvalue weighted by Gasteiger charge is -2.31. The number of nitrogen functional groups attached to an aromatic ring is 1. The van der Waals surface area contributed by atoms with Gasteiger partial charge in [0.15, 0.2) is 6.23 Å². The van der Waals surface area contributed by atoms with Crippen LogP contribution < -0.4 is 11.4 Å². The second-order valence-electron chi connectivity index (χ2n) is 5.49. The summed E-state index contributed by atoms with van der Waals surface area (Å²) in [7, 11) is 0. The number of anilines is 1. The van der Waals surface area contributed by atoms with E-state index in [1.807, 2.05) is 6.92 Å². The fourth-order valence-electron chi connectivity index (χ4n) is 3.07. The predicted octanol–water partition coefficient (Wildman–Crippen LogP) is 0.846. The highest BCUT2D eigenvalue weighted by Crippen LogP contribution is 2.50. The molecule has 2 N–H and O–H groups in total. The van der Waals surface area contributed by atoms with Gasteiger partial charge < -0.3 is 15.2 Å². The van der Waals surface area contributed by atoms with Crippen molar-refractivity contribution in [1.82, 2.24) is 9.55 Å². The van der Waals surface area contributed by atoms with Crippen LogP contribution >= 0.6 is 0 Å². The van der Waals surface area contributed by atoms with Crippen LogP contribution in [0.5, 0.6) is 0 Å². The minimum absolute atomic E-state index is 0.0949. The summed E-state index contributed by atoms with van der Waals surface area (Å²) < 4.78 is 13.4. The molecule has 6 nitrogen and oxygen atoms in total. The first-order valence-corrected chi connectivity index (χ1v) is 6.63. The molecule has 0 amide bonds. The van der Waals surface area contributed by atoms with Gasteiger partial charge in [0.1, 0.15) is 11.9 Å². The lowest BCUT2D eigenvalue weighted by atomic mass is 9.88. The Hall–Kier alpha value is -1.40. The number of ether oxygens (including phenoxy) is 2. The van der Waals surface area contributed by atoms with Crippen molar-refractivity contribution < 1.29 is 9.47 Å². The molecule has 2 saturated heterocycles. The molecule has 1 aromatic rings. The van der Waals surface area contributed by atoms with Gasteiger partial charge in [0.05, 0.1) is 12.2 Å². The van der Waals surface area contributed by atoms with Gasteiger partial charge >= 0.3 is 5.69 Å². The molecule has 2 bridgehead atoms. The fraction of sp³-hybridized carbons (Fsp3) is 0.692. The van der Waals surface area contributed by atoms with Gasteiger partial charge in [-0.25, -0.2) is 4.79 Å². The highest BCUT2D eigenvalue weighted by atomic mass is 16.6. The predicted molar refractivity (Wildman–Crippen MR) is 69.7 cm³/mol. The number of aryl methyl sites for hydroxylation is 1. The average molecular weight is 265 g/mol. The largest absolute Gasteiger partial charge is 0.383 e. The van der Waals surface area contributed by atoms with Crippen molar-refractivity contribution in [3.63, 3.8) is 0 Å². The summed E-state index contributed by atoms with van der Waals surface area (Å²) >= 11 is 0. The number of hydrogen-bond donors (Lipinski definition) is 1. The van der Waals surface area contributed by atoms with Crippen molar-refractivity contribution in [3.05, 3.63) is 22.2 Å². The topological polar surface area (TPSA) is 79.4 Å². The van der Waals surface area contributed by atoms with Crippen LogP contribution in [0, 0.1) is 12.8 Å². The Morgan fingerprint density at radius 2 is 2.37 bits per heavy atom. The number of nitrogens with zero attached hydrogens (tertiary/aromatic N) is 2. The Kier molecular flexibility index (Phi) is 2.69. The maximum atomic E-state index is 12.0. The molecular formula is C13H19N3O3. The molecule has 19 heavy (non-hydrogen) atoms. The molecule has 0 saturated carbocycles. The lowest BCUT2D eigenvalue weighted by molar-refractivity contribution is -0.174. The van der Waals surface area contributed by atoms with E-state index in [4.69, 9.17) is 15.2 Å². The molecule has 0 spiro atoms. The monoisotopic (exact) mass is 265 g/mol. The van der Waals surface area contributed by atoms with Crippen LogP contribution in [-0.2, 0) is 9.47 Å². The van der Waals surface area contributed by atoms with Crippen molar-refractivity contribution in [1.29, 1.82) is 0 Å². The second kappa shape index (κ2) is 4.05. The van der Waals surface area contributed by atoms with Crippen LogP contribution in [0.1, 0.15) is 32.1 Å². The standard InChI is InChI=1S/C13H19N3O3/c1-4-13-6-18-9(8(13)3)11(19-13)16-5-7(2)10(14)15-12(16)17/h5,8-9,11H,4,6H2,1-3H3,(H2,14,15,17)/t8-,9?,11-,13+/m1/s1. The number of nitrogens with two attached hydrogens (primary N) is 1. The van der Waals surface area contributed by atoms with Crippen LogP contribution in [0.4, 0.5) is 5.82 Å². The van der Waals surface area contributed by atoms with Gasteiger partial charge in [0.2, 0.25) is 0 Å². The van der Waals surface area contributed by atoms with Crippen LogP contribution in [0.2, 0.25) is 0 Å². The third-order valence-electron chi connectivity index (χ3n) is 4.53. The van der Waals surface area contributed by atoms with Gasteiger partial charge in [-0.05, 0) is 13.3 Å². The Bertz CT molecular complexity index is 571. The third kappa shape index (κ3) is 1.63. The maximum absolute atomic E-state index is 12.0. The molecule has 4 atom stereocenters. The number of hydrogen-bond acceptors (Lipinski definition) is 5. The molecule has 3 heterocycles. The van der Waals surface area contributed by atoms with Gasteiger partial charge in [0.25, 0.3) is 0 Å². The first-order chi connectivity index (χ1) is 8.98. The van der Waals surface area contributed by atoms with Crippen LogP contribution in [-0.4, -0.2) is 27.9 Å². The van der Waals surface area contributed by atoms with E-state index < -0.39 is 6.23 Å². The minimum Gasteiger partial charge on any atom is -0.383 e. The highest BCUT2D eigenvalue weighted by Gasteiger charge is 2.58. The van der Waals surface area contributed by atoms with Crippen molar-refractivity contribution in [3.8, 4) is 0 Å². The molecule has 1 unspecified atom stereocenters. The molecule has 2 aliphatic heterocycles. The first kappa shape index (κ1) is 12.6. The van der Waals surface area contributed by atoms with E-state index in [0.717, 1.165) is 12.0 Å². The van der Waals surface area contributed by atoms with E-state index >= 15 is 0 Å². The summed E-state index contributed by atoms with van der Waals surface area (Å²) in [4.78, 5) is 15.8. The van der Waals surface area contributed by atoms with Gasteiger partial charge in [0, 0.05) is 17.7 Å². The quantitative estimate of drug-likeness (QED) is 0.857. The maximum Gasteiger partial charge on any atom is 0.351 e. The van der Waals surface area contributed by atoms with Gasteiger partial charge in [-0.2, -0.15) is 4.98 Å². The van der Waals surface area contributed by atoms with E-state index in [1.54, 1.807) is 6.20 Å². The molecular weight excluding hydrogens is 246 g/mol. The summed E-state index contributed by atoms with van der Waals surface area (Å²) in [6, 6.07) is 0. The van der Waals surface area contributed by atoms with Gasteiger partial charge in [-0.3, -0.25) is 4.57 Å².